The average molecular weight is 251 g/mol. The molecule has 1 unspecified atom stereocenters. The van der Waals surface area contributed by atoms with Gasteiger partial charge in [0, 0.05) is 18.0 Å². The summed E-state index contributed by atoms with van der Waals surface area (Å²) in [5.74, 6) is 0.892. The minimum Gasteiger partial charge on any atom is -0.338 e. The third-order valence-electron chi connectivity index (χ3n) is 3.56. The van der Waals surface area contributed by atoms with Crippen molar-refractivity contribution in [3.63, 3.8) is 0 Å². The summed E-state index contributed by atoms with van der Waals surface area (Å²) < 4.78 is 0. The maximum absolute atomic E-state index is 12.4. The number of piperidine rings is 1. The molecule has 17 heavy (non-hydrogen) atoms. The fraction of sp³-hybridized carbons (Fsp3) is 0.643. The third-order valence-corrected chi connectivity index (χ3v) is 4.64. The average Bonchev–Trinajstić information content (AvgIpc) is 2.69. The first-order valence-electron chi connectivity index (χ1n) is 6.50. The smallest absolute Gasteiger partial charge is 0.263 e. The molecule has 0 aromatic carbocycles. The Morgan fingerprint density at radius 3 is 2.94 bits per heavy atom. The predicted octanol–water partition coefficient (Wildman–Crippen LogP) is 3.49. The Kier molecular flexibility index (Phi) is 3.87. The number of likely N-dealkylation sites (tertiary alicyclic amines) is 1. The number of hydrogen-bond acceptors (Lipinski definition) is 2. The molecule has 2 rings (SSSR count). The molecule has 0 aliphatic carbocycles. The zero-order valence-corrected chi connectivity index (χ0v) is 11.8. The van der Waals surface area contributed by atoms with Crippen molar-refractivity contribution in [2.24, 2.45) is 5.92 Å². The summed E-state index contributed by atoms with van der Waals surface area (Å²) in [4.78, 5) is 16.6. The summed E-state index contributed by atoms with van der Waals surface area (Å²) >= 11 is 1.65. The molecule has 1 aromatic rings. The van der Waals surface area contributed by atoms with Crippen LogP contribution in [0.3, 0.4) is 0 Å². The first kappa shape index (κ1) is 12.6. The van der Waals surface area contributed by atoms with Crippen molar-refractivity contribution in [3.05, 3.63) is 21.4 Å². The molecule has 1 fully saturated rings. The molecular formula is C14H21NOS. The van der Waals surface area contributed by atoms with Crippen molar-refractivity contribution < 1.29 is 4.79 Å². The molecular weight excluding hydrogens is 230 g/mol. The van der Waals surface area contributed by atoms with Gasteiger partial charge in [0.25, 0.3) is 5.91 Å². The lowest BCUT2D eigenvalue weighted by Gasteiger charge is -2.30. The number of aryl methyl sites for hydroxylation is 2. The quantitative estimate of drug-likeness (QED) is 0.788. The molecule has 2 nitrogen and oxygen atoms in total. The van der Waals surface area contributed by atoms with Gasteiger partial charge in [-0.3, -0.25) is 4.79 Å². The van der Waals surface area contributed by atoms with E-state index in [1.807, 2.05) is 4.90 Å². The predicted molar refractivity (Wildman–Crippen MR) is 72.7 cm³/mol. The van der Waals surface area contributed by atoms with Crippen LogP contribution in [0.25, 0.3) is 0 Å². The van der Waals surface area contributed by atoms with E-state index < -0.39 is 0 Å². The lowest BCUT2D eigenvalue weighted by Crippen LogP contribution is -2.38. The minimum atomic E-state index is 0.240. The molecule has 3 heteroatoms. The van der Waals surface area contributed by atoms with E-state index in [2.05, 4.69) is 26.8 Å². The van der Waals surface area contributed by atoms with Gasteiger partial charge < -0.3 is 4.90 Å². The molecule has 1 aliphatic heterocycles. The number of thiophene rings is 1. The Labute approximate surface area is 108 Å². The third kappa shape index (κ3) is 2.71. The number of nitrogens with zero attached hydrogens (tertiary/aromatic N) is 1. The van der Waals surface area contributed by atoms with Crippen LogP contribution in [-0.2, 0) is 6.42 Å². The number of amides is 1. The van der Waals surface area contributed by atoms with Crippen LogP contribution in [0.4, 0.5) is 0 Å². The monoisotopic (exact) mass is 251 g/mol. The Morgan fingerprint density at radius 1 is 1.59 bits per heavy atom. The Bertz CT molecular complexity index is 410. The lowest BCUT2D eigenvalue weighted by atomic mass is 10.0. The summed E-state index contributed by atoms with van der Waals surface area (Å²) in [6.45, 7) is 8.35. The van der Waals surface area contributed by atoms with Gasteiger partial charge in [-0.05, 0) is 43.7 Å². The van der Waals surface area contributed by atoms with Gasteiger partial charge >= 0.3 is 0 Å². The van der Waals surface area contributed by atoms with Gasteiger partial charge in [0.05, 0.1) is 4.88 Å². The highest BCUT2D eigenvalue weighted by molar-refractivity contribution is 7.14. The largest absolute Gasteiger partial charge is 0.338 e. The number of carbonyl (C=O) groups excluding carboxylic acids is 1. The van der Waals surface area contributed by atoms with Gasteiger partial charge in [-0.25, -0.2) is 0 Å². The Balaban J connectivity index is 2.13. The molecule has 0 radical (unpaired) electrons. The Hall–Kier alpha value is -0.830. The van der Waals surface area contributed by atoms with Crippen molar-refractivity contribution >= 4 is 17.2 Å². The van der Waals surface area contributed by atoms with E-state index in [1.165, 1.54) is 16.9 Å². The molecule has 0 bridgehead atoms. The standard InChI is InChI=1S/C14H21NOS/c1-4-12-8-13(17-11(12)3)14(16)15-7-5-6-10(2)9-15/h8,10H,4-7,9H2,1-3H3. The van der Waals surface area contributed by atoms with Crippen LogP contribution in [0.1, 0.15) is 46.8 Å². The number of hydrogen-bond donors (Lipinski definition) is 0. The van der Waals surface area contributed by atoms with Crippen molar-refractivity contribution in [1.29, 1.82) is 0 Å². The summed E-state index contributed by atoms with van der Waals surface area (Å²) in [7, 11) is 0. The molecule has 1 atom stereocenters. The van der Waals surface area contributed by atoms with E-state index in [0.29, 0.717) is 5.92 Å². The number of rotatable bonds is 2. The van der Waals surface area contributed by atoms with Crippen LogP contribution in [0.15, 0.2) is 6.07 Å². The van der Waals surface area contributed by atoms with Crippen LogP contribution in [-0.4, -0.2) is 23.9 Å². The van der Waals surface area contributed by atoms with Crippen molar-refractivity contribution in [2.75, 3.05) is 13.1 Å². The fourth-order valence-electron chi connectivity index (χ4n) is 2.51. The van der Waals surface area contributed by atoms with Gasteiger partial charge in [-0.2, -0.15) is 0 Å². The fourth-order valence-corrected chi connectivity index (χ4v) is 3.59. The van der Waals surface area contributed by atoms with E-state index in [4.69, 9.17) is 0 Å². The summed E-state index contributed by atoms with van der Waals surface area (Å²) in [5.41, 5.74) is 1.32. The van der Waals surface area contributed by atoms with E-state index in [9.17, 15) is 4.79 Å². The van der Waals surface area contributed by atoms with Gasteiger partial charge in [0.2, 0.25) is 0 Å². The maximum atomic E-state index is 12.4. The van der Waals surface area contributed by atoms with Gasteiger partial charge in [-0.15, -0.1) is 11.3 Å². The topological polar surface area (TPSA) is 20.3 Å². The first-order valence-corrected chi connectivity index (χ1v) is 7.32. The number of carbonyl (C=O) groups is 1. The van der Waals surface area contributed by atoms with Crippen molar-refractivity contribution in [2.45, 2.75) is 40.0 Å². The second kappa shape index (κ2) is 5.21. The van der Waals surface area contributed by atoms with Gasteiger partial charge in [0.1, 0.15) is 0 Å². The molecule has 0 N–H and O–H groups in total. The molecule has 1 saturated heterocycles. The highest BCUT2D eigenvalue weighted by atomic mass is 32.1. The van der Waals surface area contributed by atoms with E-state index in [1.54, 1.807) is 11.3 Å². The van der Waals surface area contributed by atoms with E-state index in [-0.39, 0.29) is 5.91 Å². The summed E-state index contributed by atoms with van der Waals surface area (Å²) in [6, 6.07) is 2.08. The van der Waals surface area contributed by atoms with Crippen molar-refractivity contribution in [3.8, 4) is 0 Å². The zero-order chi connectivity index (χ0) is 12.4. The summed E-state index contributed by atoms with van der Waals surface area (Å²) in [6.07, 6.45) is 3.43. The lowest BCUT2D eigenvalue weighted by molar-refractivity contribution is 0.0688. The van der Waals surface area contributed by atoms with E-state index >= 15 is 0 Å². The first-order chi connectivity index (χ1) is 8.11. The minimum absolute atomic E-state index is 0.240. The maximum Gasteiger partial charge on any atom is 0.263 e. The SMILES string of the molecule is CCc1cc(C(=O)N2CCCC(C)C2)sc1C. The normalized spacial score (nSPS) is 20.6. The van der Waals surface area contributed by atoms with E-state index in [0.717, 1.165) is 30.8 Å². The molecule has 1 aliphatic rings. The van der Waals surface area contributed by atoms with Crippen LogP contribution in [0.2, 0.25) is 0 Å². The van der Waals surface area contributed by atoms with Gasteiger partial charge in [0.15, 0.2) is 0 Å². The second-order valence-corrected chi connectivity index (χ2v) is 6.30. The molecule has 1 amide bonds. The second-order valence-electron chi connectivity index (χ2n) is 5.04. The van der Waals surface area contributed by atoms with Crippen LogP contribution in [0, 0.1) is 12.8 Å². The highest BCUT2D eigenvalue weighted by Crippen LogP contribution is 2.25. The van der Waals surface area contributed by atoms with Crippen molar-refractivity contribution in [1.82, 2.24) is 4.90 Å². The van der Waals surface area contributed by atoms with Crippen LogP contribution < -0.4 is 0 Å². The molecule has 1 aromatic heterocycles. The molecule has 2 heterocycles. The molecule has 0 saturated carbocycles. The summed E-state index contributed by atoms with van der Waals surface area (Å²) in [5, 5.41) is 0. The van der Waals surface area contributed by atoms with Crippen LogP contribution in [0.5, 0.6) is 0 Å². The molecule has 0 spiro atoms. The molecule has 94 valence electrons. The Morgan fingerprint density at radius 2 is 2.35 bits per heavy atom. The van der Waals surface area contributed by atoms with Gasteiger partial charge in [-0.1, -0.05) is 13.8 Å². The van der Waals surface area contributed by atoms with Crippen LogP contribution >= 0.6 is 11.3 Å². The zero-order valence-electron chi connectivity index (χ0n) is 11.0. The highest BCUT2D eigenvalue weighted by Gasteiger charge is 2.23.